The summed E-state index contributed by atoms with van der Waals surface area (Å²) in [6.07, 6.45) is 4.19. The molecule has 1 aromatic carbocycles. The van der Waals surface area contributed by atoms with Crippen LogP contribution in [-0.4, -0.2) is 18.2 Å². The zero-order chi connectivity index (χ0) is 13.9. The lowest BCUT2D eigenvalue weighted by Gasteiger charge is -2.13. The number of nitrogens with zero attached hydrogens (tertiary/aromatic N) is 1. The molecule has 3 N–H and O–H groups in total. The molecule has 1 aromatic heterocycles. The maximum absolute atomic E-state index is 5.92. The first-order valence-corrected chi connectivity index (χ1v) is 7.09. The smallest absolute Gasteiger partial charge is 0.163 e. The van der Waals surface area contributed by atoms with Gasteiger partial charge in [-0.3, -0.25) is 4.98 Å². The lowest BCUT2D eigenvalue weighted by atomic mass is 10.2. The van der Waals surface area contributed by atoms with Crippen LogP contribution in [0.4, 0.5) is 17.1 Å². The lowest BCUT2D eigenvalue weighted by Crippen LogP contribution is -1.99. The van der Waals surface area contributed by atoms with Gasteiger partial charge in [0.15, 0.2) is 11.5 Å². The Hall–Kier alpha value is -1.95. The van der Waals surface area contributed by atoms with E-state index in [0.717, 1.165) is 33.8 Å². The van der Waals surface area contributed by atoms with Gasteiger partial charge in [0.25, 0.3) is 0 Å². The molecule has 5 nitrogen and oxygen atoms in total. The number of halogens is 1. The molecule has 0 amide bonds. The first-order valence-electron chi connectivity index (χ1n) is 6.30. The molecule has 2 aromatic rings. The molecule has 0 saturated heterocycles. The number of pyridine rings is 1. The number of nitrogens with one attached hydrogen (secondary N) is 1. The highest BCUT2D eigenvalue weighted by Crippen LogP contribution is 2.35. The van der Waals surface area contributed by atoms with Crippen LogP contribution in [0.15, 0.2) is 35.1 Å². The number of hydrogen-bond donors (Lipinski definition) is 2. The van der Waals surface area contributed by atoms with Crippen LogP contribution in [0.2, 0.25) is 0 Å². The molecule has 3 rings (SSSR count). The second-order valence-electron chi connectivity index (χ2n) is 4.42. The number of aromatic nitrogens is 1. The summed E-state index contributed by atoms with van der Waals surface area (Å²) in [6, 6.07) is 5.74. The van der Waals surface area contributed by atoms with Crippen LogP contribution in [0, 0.1) is 0 Å². The minimum Gasteiger partial charge on any atom is -0.490 e. The zero-order valence-electron chi connectivity index (χ0n) is 10.7. The van der Waals surface area contributed by atoms with Gasteiger partial charge in [-0.05, 0) is 28.1 Å². The van der Waals surface area contributed by atoms with E-state index in [1.165, 1.54) is 0 Å². The van der Waals surface area contributed by atoms with Crippen molar-refractivity contribution in [2.45, 2.75) is 6.42 Å². The second-order valence-corrected chi connectivity index (χ2v) is 5.28. The number of nitrogen functional groups attached to an aromatic ring is 1. The highest BCUT2D eigenvalue weighted by atomic mass is 79.9. The molecule has 6 heteroatoms. The molecule has 0 spiro atoms. The van der Waals surface area contributed by atoms with Crippen molar-refractivity contribution in [3.05, 3.63) is 35.1 Å². The summed E-state index contributed by atoms with van der Waals surface area (Å²) in [4.78, 5) is 4.01. The molecule has 20 heavy (non-hydrogen) atoms. The largest absolute Gasteiger partial charge is 0.490 e. The van der Waals surface area contributed by atoms with Gasteiger partial charge in [0, 0.05) is 24.4 Å². The Kier molecular flexibility index (Phi) is 3.64. The van der Waals surface area contributed by atoms with Crippen LogP contribution < -0.4 is 20.5 Å². The van der Waals surface area contributed by atoms with Crippen molar-refractivity contribution >= 4 is 33.0 Å². The molecule has 1 aliphatic rings. The summed E-state index contributed by atoms with van der Waals surface area (Å²) in [5, 5.41) is 3.26. The molecule has 1 aliphatic heterocycles. The van der Waals surface area contributed by atoms with Gasteiger partial charge in [0.2, 0.25) is 0 Å². The fourth-order valence-corrected chi connectivity index (χ4v) is 2.41. The maximum Gasteiger partial charge on any atom is 0.163 e. The number of anilines is 3. The van der Waals surface area contributed by atoms with Crippen LogP contribution in [0.25, 0.3) is 0 Å². The summed E-state index contributed by atoms with van der Waals surface area (Å²) in [5.41, 5.74) is 8.17. The predicted octanol–water partition coefficient (Wildman–Crippen LogP) is 3.33. The number of fused-ring (bicyclic) bond motifs is 1. The molecule has 0 saturated carbocycles. The molecule has 0 atom stereocenters. The van der Waals surface area contributed by atoms with Gasteiger partial charge >= 0.3 is 0 Å². The number of rotatable bonds is 2. The molecule has 0 fully saturated rings. The van der Waals surface area contributed by atoms with E-state index >= 15 is 0 Å². The Bertz CT molecular complexity index is 614. The number of hydrogen-bond acceptors (Lipinski definition) is 5. The van der Waals surface area contributed by atoms with Crippen molar-refractivity contribution in [2.24, 2.45) is 0 Å². The maximum atomic E-state index is 5.92. The van der Waals surface area contributed by atoms with Crippen molar-refractivity contribution in [1.82, 2.24) is 4.98 Å². The molecule has 2 heterocycles. The van der Waals surface area contributed by atoms with Gasteiger partial charge in [-0.2, -0.15) is 0 Å². The van der Waals surface area contributed by atoms with Gasteiger partial charge in [0.05, 0.1) is 35.3 Å². The first kappa shape index (κ1) is 13.1. The highest BCUT2D eigenvalue weighted by molar-refractivity contribution is 9.10. The van der Waals surface area contributed by atoms with E-state index in [1.54, 1.807) is 12.4 Å². The van der Waals surface area contributed by atoms with Crippen LogP contribution in [0.1, 0.15) is 6.42 Å². The fraction of sp³-hybridized carbons (Fsp3) is 0.214. The summed E-state index contributed by atoms with van der Waals surface area (Å²) >= 11 is 3.43. The predicted molar refractivity (Wildman–Crippen MR) is 81.7 cm³/mol. The standard InChI is InChI=1S/C14H14BrN3O2/c15-10-7-17-8-11(16)14(10)18-9-2-3-12-13(6-9)20-5-1-4-19-12/h2-3,6-8H,1,4-5,16H2,(H,17,18). The molecule has 0 bridgehead atoms. The summed E-state index contributed by atoms with van der Waals surface area (Å²) in [6.45, 7) is 1.35. The van der Waals surface area contributed by atoms with Gasteiger partial charge in [-0.15, -0.1) is 0 Å². The molecule has 0 unspecified atom stereocenters. The number of benzene rings is 1. The quantitative estimate of drug-likeness (QED) is 0.880. The Balaban J connectivity index is 1.90. The topological polar surface area (TPSA) is 69.4 Å². The van der Waals surface area contributed by atoms with Crippen LogP contribution in [0.3, 0.4) is 0 Å². The van der Waals surface area contributed by atoms with Crippen molar-refractivity contribution in [1.29, 1.82) is 0 Å². The van der Waals surface area contributed by atoms with Crippen molar-refractivity contribution in [2.75, 3.05) is 24.3 Å². The van der Waals surface area contributed by atoms with Crippen LogP contribution in [-0.2, 0) is 0 Å². The number of ether oxygens (including phenoxy) is 2. The third kappa shape index (κ3) is 2.65. The van der Waals surface area contributed by atoms with Crippen LogP contribution in [0.5, 0.6) is 11.5 Å². The first-order chi connectivity index (χ1) is 9.74. The van der Waals surface area contributed by atoms with E-state index in [1.807, 2.05) is 18.2 Å². The Morgan fingerprint density at radius 2 is 1.95 bits per heavy atom. The average Bonchev–Trinajstić information content (AvgIpc) is 2.68. The second kappa shape index (κ2) is 5.58. The van der Waals surface area contributed by atoms with E-state index in [9.17, 15) is 0 Å². The van der Waals surface area contributed by atoms with E-state index in [2.05, 4.69) is 26.2 Å². The summed E-state index contributed by atoms with van der Waals surface area (Å²) < 4.78 is 12.1. The fourth-order valence-electron chi connectivity index (χ4n) is 1.97. The Morgan fingerprint density at radius 3 is 2.75 bits per heavy atom. The monoisotopic (exact) mass is 335 g/mol. The molecule has 0 radical (unpaired) electrons. The minimum atomic E-state index is 0.575. The van der Waals surface area contributed by atoms with E-state index < -0.39 is 0 Å². The molecular weight excluding hydrogens is 322 g/mol. The summed E-state index contributed by atoms with van der Waals surface area (Å²) in [5.74, 6) is 1.52. The SMILES string of the molecule is Nc1cncc(Br)c1Nc1ccc2c(c1)OCCCO2. The Labute approximate surface area is 125 Å². The van der Waals surface area contributed by atoms with Gasteiger partial charge in [-0.25, -0.2) is 0 Å². The average molecular weight is 336 g/mol. The van der Waals surface area contributed by atoms with E-state index in [0.29, 0.717) is 18.9 Å². The number of nitrogens with two attached hydrogens (primary N) is 1. The summed E-state index contributed by atoms with van der Waals surface area (Å²) in [7, 11) is 0. The van der Waals surface area contributed by atoms with Crippen molar-refractivity contribution < 1.29 is 9.47 Å². The Morgan fingerprint density at radius 1 is 1.15 bits per heavy atom. The molecule has 0 aliphatic carbocycles. The molecule has 104 valence electrons. The molecular formula is C14H14BrN3O2. The zero-order valence-corrected chi connectivity index (χ0v) is 12.3. The van der Waals surface area contributed by atoms with Gasteiger partial charge in [0.1, 0.15) is 0 Å². The normalized spacial score (nSPS) is 13.7. The van der Waals surface area contributed by atoms with E-state index in [-0.39, 0.29) is 0 Å². The minimum absolute atomic E-state index is 0.575. The van der Waals surface area contributed by atoms with Crippen molar-refractivity contribution in [3.63, 3.8) is 0 Å². The van der Waals surface area contributed by atoms with Crippen molar-refractivity contribution in [3.8, 4) is 11.5 Å². The van der Waals surface area contributed by atoms with E-state index in [4.69, 9.17) is 15.2 Å². The van der Waals surface area contributed by atoms with Crippen LogP contribution >= 0.6 is 15.9 Å². The third-order valence-corrected chi connectivity index (χ3v) is 3.55. The lowest BCUT2D eigenvalue weighted by molar-refractivity contribution is 0.297. The van der Waals surface area contributed by atoms with Gasteiger partial charge < -0.3 is 20.5 Å². The third-order valence-electron chi connectivity index (χ3n) is 2.95. The highest BCUT2D eigenvalue weighted by Gasteiger charge is 2.12. The van der Waals surface area contributed by atoms with Gasteiger partial charge in [-0.1, -0.05) is 0 Å².